The summed E-state index contributed by atoms with van der Waals surface area (Å²) < 4.78 is 7.01. The van der Waals surface area contributed by atoms with E-state index >= 15 is 0 Å². The standard InChI is InChI=1S/C16H20N2O2S/c1-16(15(19)17-2)11-18(7-8-20-16)10-13-9-12-5-3-4-6-14(12)21-13/h3-6,9H,7-8,10-11H2,1-2H3,(H,17,19). The van der Waals surface area contributed by atoms with Crippen molar-refractivity contribution in [3.8, 4) is 0 Å². The van der Waals surface area contributed by atoms with Gasteiger partial charge in [0, 0.05) is 36.3 Å². The highest BCUT2D eigenvalue weighted by molar-refractivity contribution is 7.19. The molecule has 1 aliphatic rings. The highest BCUT2D eigenvalue weighted by Gasteiger charge is 2.38. The monoisotopic (exact) mass is 304 g/mol. The molecule has 4 nitrogen and oxygen atoms in total. The van der Waals surface area contributed by atoms with Gasteiger partial charge in [-0.25, -0.2) is 0 Å². The third-order valence-electron chi connectivity index (χ3n) is 3.92. The number of benzene rings is 1. The fourth-order valence-corrected chi connectivity index (χ4v) is 3.93. The number of hydrogen-bond acceptors (Lipinski definition) is 4. The van der Waals surface area contributed by atoms with Crippen LogP contribution in [-0.4, -0.2) is 43.2 Å². The first-order chi connectivity index (χ1) is 10.1. The van der Waals surface area contributed by atoms with Gasteiger partial charge in [-0.05, 0) is 24.4 Å². The van der Waals surface area contributed by atoms with Crippen molar-refractivity contribution in [2.75, 3.05) is 26.7 Å². The number of carbonyl (C=O) groups is 1. The minimum Gasteiger partial charge on any atom is -0.363 e. The number of thiophene rings is 1. The summed E-state index contributed by atoms with van der Waals surface area (Å²) >= 11 is 1.82. The molecule has 0 saturated carbocycles. The van der Waals surface area contributed by atoms with Gasteiger partial charge in [-0.3, -0.25) is 9.69 Å². The Bertz CT molecular complexity index is 622. The second kappa shape index (κ2) is 5.75. The van der Waals surface area contributed by atoms with Crippen LogP contribution in [0.2, 0.25) is 0 Å². The Kier molecular flexibility index (Phi) is 3.97. The number of nitrogens with one attached hydrogen (secondary N) is 1. The molecule has 1 aromatic carbocycles. The normalized spacial score (nSPS) is 23.3. The van der Waals surface area contributed by atoms with Gasteiger partial charge in [-0.1, -0.05) is 18.2 Å². The van der Waals surface area contributed by atoms with E-state index in [2.05, 4.69) is 40.5 Å². The van der Waals surface area contributed by atoms with E-state index in [4.69, 9.17) is 4.74 Å². The molecular formula is C16H20N2O2S. The van der Waals surface area contributed by atoms with E-state index in [-0.39, 0.29) is 5.91 Å². The van der Waals surface area contributed by atoms with Gasteiger partial charge in [0.15, 0.2) is 5.60 Å². The van der Waals surface area contributed by atoms with Crippen LogP contribution in [0.3, 0.4) is 0 Å². The molecule has 1 atom stereocenters. The molecule has 2 heterocycles. The van der Waals surface area contributed by atoms with Crippen molar-refractivity contribution in [2.45, 2.75) is 19.1 Å². The lowest BCUT2D eigenvalue weighted by atomic mass is 10.0. The molecule has 2 aromatic rings. The molecule has 1 unspecified atom stereocenters. The Morgan fingerprint density at radius 3 is 3.05 bits per heavy atom. The number of likely N-dealkylation sites (N-methyl/N-ethyl adjacent to an activating group) is 1. The molecule has 112 valence electrons. The van der Waals surface area contributed by atoms with Gasteiger partial charge in [0.25, 0.3) is 5.91 Å². The van der Waals surface area contributed by atoms with Crippen LogP contribution in [-0.2, 0) is 16.1 Å². The van der Waals surface area contributed by atoms with Gasteiger partial charge in [-0.15, -0.1) is 11.3 Å². The third-order valence-corrected chi connectivity index (χ3v) is 5.02. The van der Waals surface area contributed by atoms with Crippen LogP contribution in [0.5, 0.6) is 0 Å². The second-order valence-electron chi connectivity index (χ2n) is 5.62. The molecule has 1 N–H and O–H groups in total. The summed E-state index contributed by atoms with van der Waals surface area (Å²) in [5.41, 5.74) is -0.746. The Morgan fingerprint density at radius 1 is 1.48 bits per heavy atom. The van der Waals surface area contributed by atoms with Crippen molar-refractivity contribution < 1.29 is 9.53 Å². The second-order valence-corrected chi connectivity index (χ2v) is 6.79. The molecule has 1 aliphatic heterocycles. The van der Waals surface area contributed by atoms with E-state index in [1.165, 1.54) is 15.0 Å². The van der Waals surface area contributed by atoms with Crippen molar-refractivity contribution in [3.05, 3.63) is 35.2 Å². The molecule has 1 fully saturated rings. The summed E-state index contributed by atoms with van der Waals surface area (Å²) in [6.45, 7) is 4.81. The van der Waals surface area contributed by atoms with Crippen molar-refractivity contribution in [2.24, 2.45) is 0 Å². The first-order valence-corrected chi connectivity index (χ1v) is 7.98. The molecule has 0 bridgehead atoms. The summed E-state index contributed by atoms with van der Waals surface area (Å²) in [5, 5.41) is 3.98. The minimum atomic E-state index is -0.746. The van der Waals surface area contributed by atoms with E-state index in [0.29, 0.717) is 13.2 Å². The predicted molar refractivity (Wildman–Crippen MR) is 85.5 cm³/mol. The van der Waals surface area contributed by atoms with Crippen molar-refractivity contribution >= 4 is 27.3 Å². The van der Waals surface area contributed by atoms with Crippen molar-refractivity contribution in [1.29, 1.82) is 0 Å². The van der Waals surface area contributed by atoms with Crippen LogP contribution < -0.4 is 5.32 Å². The average molecular weight is 304 g/mol. The Morgan fingerprint density at radius 2 is 2.29 bits per heavy atom. The Balaban J connectivity index is 1.73. The van der Waals surface area contributed by atoms with Gasteiger partial charge in [0.2, 0.25) is 0 Å². The van der Waals surface area contributed by atoms with E-state index in [1.54, 1.807) is 7.05 Å². The number of amides is 1. The summed E-state index contributed by atoms with van der Waals surface area (Å²) in [5.74, 6) is -0.0523. The summed E-state index contributed by atoms with van der Waals surface area (Å²) in [6, 6.07) is 10.7. The van der Waals surface area contributed by atoms with E-state index < -0.39 is 5.60 Å². The maximum atomic E-state index is 12.0. The van der Waals surface area contributed by atoms with Gasteiger partial charge < -0.3 is 10.1 Å². The topological polar surface area (TPSA) is 41.6 Å². The minimum absolute atomic E-state index is 0.0523. The fraction of sp³-hybridized carbons (Fsp3) is 0.438. The van der Waals surface area contributed by atoms with Gasteiger partial charge in [0.05, 0.1) is 6.61 Å². The maximum absolute atomic E-state index is 12.0. The van der Waals surface area contributed by atoms with E-state index in [1.807, 2.05) is 18.3 Å². The highest BCUT2D eigenvalue weighted by Crippen LogP contribution is 2.27. The number of ether oxygens (including phenoxy) is 1. The molecule has 0 radical (unpaired) electrons. The van der Waals surface area contributed by atoms with Crippen LogP contribution in [0.25, 0.3) is 10.1 Å². The van der Waals surface area contributed by atoms with Crippen LogP contribution in [0.15, 0.2) is 30.3 Å². The molecule has 1 amide bonds. The molecule has 21 heavy (non-hydrogen) atoms. The Labute approximate surface area is 128 Å². The molecule has 1 aromatic heterocycles. The van der Waals surface area contributed by atoms with Gasteiger partial charge >= 0.3 is 0 Å². The van der Waals surface area contributed by atoms with Gasteiger partial charge in [-0.2, -0.15) is 0 Å². The smallest absolute Gasteiger partial charge is 0.253 e. The fourth-order valence-electron chi connectivity index (χ4n) is 2.82. The van der Waals surface area contributed by atoms with E-state index in [9.17, 15) is 4.79 Å². The number of fused-ring (bicyclic) bond motifs is 1. The number of hydrogen-bond donors (Lipinski definition) is 1. The van der Waals surface area contributed by atoms with Crippen molar-refractivity contribution in [1.82, 2.24) is 10.2 Å². The largest absolute Gasteiger partial charge is 0.363 e. The summed E-state index contributed by atoms with van der Waals surface area (Å²) in [7, 11) is 1.65. The van der Waals surface area contributed by atoms with Crippen molar-refractivity contribution in [3.63, 3.8) is 0 Å². The highest BCUT2D eigenvalue weighted by atomic mass is 32.1. The first kappa shape index (κ1) is 14.5. The number of morpholine rings is 1. The van der Waals surface area contributed by atoms with Crippen LogP contribution in [0, 0.1) is 0 Å². The van der Waals surface area contributed by atoms with E-state index in [0.717, 1.165) is 13.1 Å². The molecule has 0 aliphatic carbocycles. The lowest BCUT2D eigenvalue weighted by Crippen LogP contribution is -2.57. The quantitative estimate of drug-likeness (QED) is 0.945. The average Bonchev–Trinajstić information content (AvgIpc) is 2.88. The summed E-state index contributed by atoms with van der Waals surface area (Å²) in [4.78, 5) is 15.6. The number of rotatable bonds is 3. The molecule has 3 rings (SSSR count). The Hall–Kier alpha value is -1.43. The van der Waals surface area contributed by atoms with Gasteiger partial charge in [0.1, 0.15) is 0 Å². The van der Waals surface area contributed by atoms with Crippen LogP contribution >= 0.6 is 11.3 Å². The molecule has 1 saturated heterocycles. The lowest BCUT2D eigenvalue weighted by molar-refractivity contribution is -0.156. The zero-order valence-electron chi connectivity index (χ0n) is 12.4. The number of carbonyl (C=O) groups excluding carboxylic acids is 1. The van der Waals surface area contributed by atoms with Crippen LogP contribution in [0.1, 0.15) is 11.8 Å². The SMILES string of the molecule is CNC(=O)C1(C)CN(Cc2cc3ccccc3s2)CCO1. The molecule has 5 heteroatoms. The maximum Gasteiger partial charge on any atom is 0.253 e. The predicted octanol–water partition coefficient (Wildman–Crippen LogP) is 2.24. The molecular weight excluding hydrogens is 284 g/mol. The zero-order valence-corrected chi connectivity index (χ0v) is 13.2. The summed E-state index contributed by atoms with van der Waals surface area (Å²) in [6.07, 6.45) is 0. The lowest BCUT2D eigenvalue weighted by Gasteiger charge is -2.38. The first-order valence-electron chi connectivity index (χ1n) is 7.17. The third kappa shape index (κ3) is 2.95. The van der Waals surface area contributed by atoms with Crippen LogP contribution in [0.4, 0.5) is 0 Å². The molecule has 0 spiro atoms. The number of nitrogens with zero attached hydrogens (tertiary/aromatic N) is 1. The zero-order chi connectivity index (χ0) is 14.9.